The van der Waals surface area contributed by atoms with Crippen molar-refractivity contribution >= 4 is 33.0 Å². The quantitative estimate of drug-likeness (QED) is 0.325. The second-order valence-corrected chi connectivity index (χ2v) is 13.0. The minimum absolute atomic E-state index is 0.0153. The molecule has 212 valence electrons. The molecule has 1 aromatic heterocycles. The van der Waals surface area contributed by atoms with Gasteiger partial charge in [-0.2, -0.15) is 0 Å². The van der Waals surface area contributed by atoms with Crippen LogP contribution < -0.4 is 5.32 Å². The number of fused-ring (bicyclic) bond motifs is 2. The second-order valence-electron chi connectivity index (χ2n) is 10.4. The van der Waals surface area contributed by atoms with E-state index in [4.69, 9.17) is 11.6 Å². The summed E-state index contributed by atoms with van der Waals surface area (Å²) >= 11 is 6.28. The van der Waals surface area contributed by atoms with Gasteiger partial charge in [0, 0.05) is 35.3 Å². The van der Waals surface area contributed by atoms with Crippen LogP contribution >= 0.6 is 11.6 Å². The summed E-state index contributed by atoms with van der Waals surface area (Å²) in [5.41, 5.74) is -1.43. The lowest BCUT2D eigenvalue weighted by Gasteiger charge is -2.46. The summed E-state index contributed by atoms with van der Waals surface area (Å²) in [5, 5.41) is 34.8. The number of anilines is 1. The van der Waals surface area contributed by atoms with Crippen molar-refractivity contribution in [3.05, 3.63) is 88.7 Å². The van der Waals surface area contributed by atoms with Crippen LogP contribution in [-0.4, -0.2) is 51.6 Å². The molecule has 12 heteroatoms. The van der Waals surface area contributed by atoms with Gasteiger partial charge in [0.25, 0.3) is 5.91 Å². The molecule has 2 fully saturated rings. The number of carbonyl (C=O) groups excluding carboxylic acids is 1. The molecule has 4 atom stereocenters. The number of benzene rings is 2. The van der Waals surface area contributed by atoms with Gasteiger partial charge in [-0.1, -0.05) is 17.7 Å². The van der Waals surface area contributed by atoms with Gasteiger partial charge in [0.15, 0.2) is 21.5 Å². The van der Waals surface area contributed by atoms with Crippen LogP contribution in [0.4, 0.5) is 14.5 Å². The summed E-state index contributed by atoms with van der Waals surface area (Å²) in [7, 11) is -4.09. The number of aliphatic hydroxyl groups excluding tert-OH is 2. The van der Waals surface area contributed by atoms with Gasteiger partial charge in [-0.15, -0.1) is 0 Å². The van der Waals surface area contributed by atoms with Crippen LogP contribution in [0.15, 0.2) is 65.8 Å². The third kappa shape index (κ3) is 5.01. The molecular weight excluding hydrogens is 566 g/mol. The Bertz CT molecular complexity index is 1530. The maximum Gasteiger partial charge on any atom is 0.255 e. The van der Waals surface area contributed by atoms with Crippen LogP contribution in [-0.2, 0) is 9.84 Å². The third-order valence-corrected chi connectivity index (χ3v) is 10.8. The van der Waals surface area contributed by atoms with E-state index >= 15 is 0 Å². The summed E-state index contributed by atoms with van der Waals surface area (Å²) < 4.78 is 54.3. The van der Waals surface area contributed by atoms with E-state index in [1.165, 1.54) is 30.6 Å². The van der Waals surface area contributed by atoms with Crippen LogP contribution in [0, 0.1) is 23.5 Å². The molecule has 0 saturated heterocycles. The summed E-state index contributed by atoms with van der Waals surface area (Å²) in [6.45, 7) is 0. The van der Waals surface area contributed by atoms with Gasteiger partial charge in [0.05, 0.1) is 20.8 Å². The summed E-state index contributed by atoms with van der Waals surface area (Å²) in [5.74, 6) is -4.19. The Balaban J connectivity index is 1.37. The SMILES string of the molecule is O=C(Nc1ccc(F)c(F)c1)c1ccc(Cl)c(S(=O)(=O)[C@H]2CC3CCC(C2)[C@]3(O)C(O)C(O)c2cccnc2)c1. The molecule has 1 amide bonds. The van der Waals surface area contributed by atoms with E-state index in [9.17, 15) is 37.3 Å². The van der Waals surface area contributed by atoms with E-state index in [1.807, 2.05) is 0 Å². The van der Waals surface area contributed by atoms with Crippen LogP contribution in [0.25, 0.3) is 0 Å². The van der Waals surface area contributed by atoms with Crippen LogP contribution in [0.5, 0.6) is 0 Å². The Hall–Kier alpha value is -2.96. The number of aliphatic hydroxyl groups is 3. The van der Waals surface area contributed by atoms with Gasteiger partial charge in [-0.25, -0.2) is 17.2 Å². The van der Waals surface area contributed by atoms with Gasteiger partial charge in [0.1, 0.15) is 12.2 Å². The number of sulfone groups is 1. The number of pyridine rings is 1. The number of hydrogen-bond donors (Lipinski definition) is 4. The van der Waals surface area contributed by atoms with Crippen molar-refractivity contribution in [1.82, 2.24) is 4.98 Å². The van der Waals surface area contributed by atoms with Gasteiger partial charge < -0.3 is 20.6 Å². The standard InChI is InChI=1S/C28H27ClF2N2O6S/c29-21-7-3-15(27(36)33-19-6-8-22(30)23(31)13-19)10-24(21)40(38,39)20-11-17-4-5-18(12-20)28(17,37)26(35)25(34)16-2-1-9-32-14-16/h1-3,6-10,13-14,17-18,20,25-26,34-35,37H,4-5,11-12H2,(H,33,36)/t17?,18?,20-,25?,26?,28-. The van der Waals surface area contributed by atoms with Crippen LogP contribution in [0.3, 0.4) is 0 Å². The smallest absolute Gasteiger partial charge is 0.255 e. The molecule has 2 aliphatic rings. The normalized spacial score (nSPS) is 25.8. The highest BCUT2D eigenvalue weighted by Crippen LogP contribution is 2.55. The summed E-state index contributed by atoms with van der Waals surface area (Å²) in [6, 6.07) is 9.74. The Morgan fingerprint density at radius 1 is 1.05 bits per heavy atom. The molecule has 3 aromatic rings. The molecule has 2 aromatic carbocycles. The molecule has 0 aliphatic heterocycles. The van der Waals surface area contributed by atoms with Gasteiger partial charge in [-0.05, 0) is 73.9 Å². The molecule has 40 heavy (non-hydrogen) atoms. The molecule has 1 heterocycles. The van der Waals surface area contributed by atoms with Crippen molar-refractivity contribution in [2.45, 2.75) is 53.6 Å². The molecule has 2 aliphatic carbocycles. The van der Waals surface area contributed by atoms with Gasteiger partial charge >= 0.3 is 0 Å². The number of nitrogens with one attached hydrogen (secondary N) is 1. The Morgan fingerprint density at radius 2 is 1.75 bits per heavy atom. The largest absolute Gasteiger partial charge is 0.387 e. The van der Waals surface area contributed by atoms with Crippen molar-refractivity contribution in [3.8, 4) is 0 Å². The number of hydrogen-bond acceptors (Lipinski definition) is 7. The van der Waals surface area contributed by atoms with E-state index in [0.29, 0.717) is 18.4 Å². The maximum atomic E-state index is 13.8. The van der Waals surface area contributed by atoms with Crippen molar-refractivity contribution in [1.29, 1.82) is 0 Å². The first-order chi connectivity index (χ1) is 18.9. The van der Waals surface area contributed by atoms with Crippen molar-refractivity contribution < 1.29 is 37.3 Å². The number of carbonyl (C=O) groups is 1. The predicted molar refractivity (Wildman–Crippen MR) is 142 cm³/mol. The number of halogens is 3. The highest BCUT2D eigenvalue weighted by Gasteiger charge is 2.60. The first kappa shape index (κ1) is 28.6. The number of aromatic nitrogens is 1. The van der Waals surface area contributed by atoms with Crippen LogP contribution in [0.2, 0.25) is 5.02 Å². The third-order valence-electron chi connectivity index (χ3n) is 8.18. The lowest BCUT2D eigenvalue weighted by atomic mass is 9.69. The van der Waals surface area contributed by atoms with E-state index in [-0.39, 0.29) is 34.0 Å². The van der Waals surface area contributed by atoms with Crippen LogP contribution in [0.1, 0.15) is 47.7 Å². The minimum Gasteiger partial charge on any atom is -0.387 e. The molecule has 0 spiro atoms. The predicted octanol–water partition coefficient (Wildman–Crippen LogP) is 4.05. The second kappa shape index (κ2) is 10.8. The Kier molecular flexibility index (Phi) is 7.71. The molecular formula is C28H27ClF2N2O6S. The number of amides is 1. The fraction of sp³-hybridized carbons (Fsp3) is 0.357. The van der Waals surface area contributed by atoms with Crippen molar-refractivity contribution in [2.24, 2.45) is 11.8 Å². The summed E-state index contributed by atoms with van der Waals surface area (Å²) in [6.07, 6.45) is 0.930. The van der Waals surface area contributed by atoms with E-state index in [2.05, 4.69) is 10.3 Å². The fourth-order valence-corrected chi connectivity index (χ4v) is 8.49. The molecule has 4 N–H and O–H groups in total. The molecule has 0 radical (unpaired) electrons. The van der Waals surface area contributed by atoms with E-state index in [0.717, 1.165) is 18.2 Å². The topological polar surface area (TPSA) is 137 Å². The van der Waals surface area contributed by atoms with Gasteiger partial charge in [0.2, 0.25) is 0 Å². The fourth-order valence-electron chi connectivity index (χ4n) is 6.08. The highest BCUT2D eigenvalue weighted by molar-refractivity contribution is 7.92. The average Bonchev–Trinajstić information content (AvgIpc) is 3.10. The molecule has 4 unspecified atom stereocenters. The maximum absolute atomic E-state index is 13.8. The Morgan fingerprint density at radius 3 is 2.38 bits per heavy atom. The lowest BCUT2D eigenvalue weighted by molar-refractivity contribution is -0.177. The van der Waals surface area contributed by atoms with E-state index in [1.54, 1.807) is 12.1 Å². The minimum atomic E-state index is -4.09. The lowest BCUT2D eigenvalue weighted by Crippen LogP contribution is -2.57. The Labute approximate surface area is 234 Å². The zero-order valence-electron chi connectivity index (χ0n) is 21.0. The molecule has 5 rings (SSSR count). The number of nitrogens with zero attached hydrogens (tertiary/aromatic N) is 1. The number of rotatable bonds is 7. The zero-order valence-corrected chi connectivity index (χ0v) is 22.6. The van der Waals surface area contributed by atoms with Gasteiger partial charge in [-0.3, -0.25) is 9.78 Å². The van der Waals surface area contributed by atoms with E-state index < -0.39 is 62.3 Å². The monoisotopic (exact) mass is 592 g/mol. The molecule has 2 saturated carbocycles. The van der Waals surface area contributed by atoms with Crippen molar-refractivity contribution in [3.63, 3.8) is 0 Å². The summed E-state index contributed by atoms with van der Waals surface area (Å²) in [4.78, 5) is 16.5. The zero-order chi connectivity index (χ0) is 28.8. The first-order valence-corrected chi connectivity index (χ1v) is 14.6. The first-order valence-electron chi connectivity index (χ1n) is 12.7. The highest BCUT2D eigenvalue weighted by atomic mass is 35.5. The van der Waals surface area contributed by atoms with Crippen molar-refractivity contribution in [2.75, 3.05) is 5.32 Å². The molecule has 8 nitrogen and oxygen atoms in total. The average molecular weight is 593 g/mol. The molecule has 2 bridgehead atoms.